The Balaban J connectivity index is 1.33. The first-order valence-corrected chi connectivity index (χ1v) is 11.6. The van der Waals surface area contributed by atoms with E-state index < -0.39 is 40.8 Å². The lowest BCUT2D eigenvalue weighted by atomic mass is 9.55. The molecule has 0 aliphatic carbocycles. The normalized spacial score (nSPS) is 44.0. The van der Waals surface area contributed by atoms with Gasteiger partial charge < -0.3 is 19.1 Å². The molecule has 5 saturated heterocycles. The van der Waals surface area contributed by atoms with Crippen LogP contribution in [0.15, 0.2) is 42.5 Å². The van der Waals surface area contributed by atoms with Gasteiger partial charge >= 0.3 is 6.09 Å². The number of hydrogen-bond acceptors (Lipinski definition) is 6. The molecule has 4 bridgehead atoms. The highest BCUT2D eigenvalue weighted by molar-refractivity contribution is 6.23. The van der Waals surface area contributed by atoms with Crippen LogP contribution < -0.4 is 4.90 Å². The van der Waals surface area contributed by atoms with Crippen molar-refractivity contribution in [3.63, 3.8) is 0 Å². The first-order chi connectivity index (χ1) is 15.7. The highest BCUT2D eigenvalue weighted by atomic mass is 16.6. The van der Waals surface area contributed by atoms with Gasteiger partial charge in [0.05, 0.1) is 42.8 Å². The smallest absolute Gasteiger partial charge is 0.410 e. The van der Waals surface area contributed by atoms with Gasteiger partial charge in [-0.25, -0.2) is 9.69 Å². The highest BCUT2D eigenvalue weighted by Gasteiger charge is 2.84. The summed E-state index contributed by atoms with van der Waals surface area (Å²) in [6.45, 7) is 6.05. The average molecular weight is 450 g/mol. The van der Waals surface area contributed by atoms with Gasteiger partial charge in [0.1, 0.15) is 16.8 Å². The van der Waals surface area contributed by atoms with Crippen LogP contribution in [0.25, 0.3) is 0 Å². The average Bonchev–Trinajstić information content (AvgIpc) is 3.52. The number of ether oxygens (including phenoxy) is 3. The Labute approximate surface area is 191 Å². The maximum atomic E-state index is 13.8. The number of carbonyl (C=O) groups is 3. The van der Waals surface area contributed by atoms with Crippen LogP contribution >= 0.6 is 0 Å². The maximum Gasteiger partial charge on any atom is 0.410 e. The number of fused-ring (bicyclic) bond motifs is 6. The van der Waals surface area contributed by atoms with Crippen molar-refractivity contribution in [2.75, 3.05) is 18.0 Å². The molecular formula is C25H26N2O6. The summed E-state index contributed by atoms with van der Waals surface area (Å²) >= 11 is 0. The number of anilines is 1. The van der Waals surface area contributed by atoms with Gasteiger partial charge in [-0.3, -0.25) is 9.59 Å². The number of imide groups is 1. The fourth-order valence-electron chi connectivity index (χ4n) is 7.49. The summed E-state index contributed by atoms with van der Waals surface area (Å²) in [5.74, 6) is -1.74. The second-order valence-electron chi connectivity index (χ2n) is 11.2. The Morgan fingerprint density at radius 2 is 1.85 bits per heavy atom. The molecule has 0 aromatic heterocycles. The minimum absolute atomic E-state index is 0.00418. The molecule has 6 aliphatic rings. The Hall–Kier alpha value is -2.71. The van der Waals surface area contributed by atoms with Crippen LogP contribution in [0.5, 0.6) is 0 Å². The molecule has 0 saturated carbocycles. The van der Waals surface area contributed by atoms with Crippen molar-refractivity contribution >= 4 is 23.6 Å². The van der Waals surface area contributed by atoms with Crippen molar-refractivity contribution in [1.82, 2.24) is 4.90 Å². The van der Waals surface area contributed by atoms with Crippen LogP contribution in [0.2, 0.25) is 0 Å². The van der Waals surface area contributed by atoms with Crippen LogP contribution in [0.3, 0.4) is 0 Å². The van der Waals surface area contributed by atoms with E-state index in [2.05, 4.69) is 0 Å². The first-order valence-electron chi connectivity index (χ1n) is 11.6. The van der Waals surface area contributed by atoms with E-state index in [1.165, 1.54) is 4.90 Å². The third kappa shape index (κ3) is 2.26. The van der Waals surface area contributed by atoms with Gasteiger partial charge in [0, 0.05) is 11.8 Å². The van der Waals surface area contributed by atoms with E-state index in [1.54, 1.807) is 17.0 Å². The second kappa shape index (κ2) is 5.85. The zero-order valence-corrected chi connectivity index (χ0v) is 18.8. The number of para-hydroxylation sites is 1. The number of nitrogens with zero attached hydrogens (tertiary/aromatic N) is 2. The Morgan fingerprint density at radius 1 is 1.09 bits per heavy atom. The molecule has 172 valence electrons. The van der Waals surface area contributed by atoms with Crippen LogP contribution in [-0.4, -0.2) is 64.9 Å². The predicted molar refractivity (Wildman–Crippen MR) is 115 cm³/mol. The summed E-state index contributed by atoms with van der Waals surface area (Å²) in [6, 6.07) is 9.05. The number of amides is 3. The monoisotopic (exact) mass is 450 g/mol. The Morgan fingerprint density at radius 3 is 2.58 bits per heavy atom. The zero-order chi connectivity index (χ0) is 22.9. The summed E-state index contributed by atoms with van der Waals surface area (Å²) in [5, 5.41) is 0. The minimum Gasteiger partial charge on any atom is -0.444 e. The lowest BCUT2D eigenvalue weighted by Gasteiger charge is -2.52. The van der Waals surface area contributed by atoms with Crippen molar-refractivity contribution in [2.24, 2.45) is 23.7 Å². The number of hydrogen-bond donors (Lipinski definition) is 0. The van der Waals surface area contributed by atoms with Gasteiger partial charge in [-0.15, -0.1) is 0 Å². The molecule has 7 rings (SSSR count). The third-order valence-corrected chi connectivity index (χ3v) is 8.25. The molecule has 6 heterocycles. The van der Waals surface area contributed by atoms with Crippen LogP contribution in [-0.2, 0) is 23.8 Å². The van der Waals surface area contributed by atoms with Crippen LogP contribution in [0.1, 0.15) is 20.8 Å². The second-order valence-corrected chi connectivity index (χ2v) is 11.2. The van der Waals surface area contributed by atoms with E-state index in [0.29, 0.717) is 12.2 Å². The molecule has 0 N–H and O–H groups in total. The number of benzene rings is 1. The topological polar surface area (TPSA) is 85.4 Å². The molecule has 8 heteroatoms. The van der Waals surface area contributed by atoms with Crippen molar-refractivity contribution in [3.05, 3.63) is 42.5 Å². The summed E-state index contributed by atoms with van der Waals surface area (Å²) in [7, 11) is 0. The maximum absolute atomic E-state index is 13.8. The van der Waals surface area contributed by atoms with Crippen molar-refractivity contribution < 1.29 is 28.6 Å². The van der Waals surface area contributed by atoms with E-state index in [4.69, 9.17) is 14.2 Å². The first kappa shape index (κ1) is 19.7. The van der Waals surface area contributed by atoms with E-state index >= 15 is 0 Å². The van der Waals surface area contributed by atoms with Crippen LogP contribution in [0, 0.1) is 23.7 Å². The molecule has 8 atom stereocenters. The molecule has 0 unspecified atom stereocenters. The van der Waals surface area contributed by atoms with Gasteiger partial charge in [0.2, 0.25) is 11.8 Å². The molecule has 5 fully saturated rings. The zero-order valence-electron chi connectivity index (χ0n) is 18.8. The lowest BCUT2D eigenvalue weighted by Crippen LogP contribution is -2.69. The van der Waals surface area contributed by atoms with Gasteiger partial charge in [-0.05, 0) is 32.9 Å². The molecule has 0 radical (unpaired) electrons. The number of likely N-dealkylation sites (tertiary alicyclic amines) is 1. The lowest BCUT2D eigenvalue weighted by molar-refractivity contribution is -0.157. The fraction of sp³-hybridized carbons (Fsp3) is 0.560. The molecule has 1 aromatic rings. The minimum atomic E-state index is -0.967. The van der Waals surface area contributed by atoms with E-state index in [0.717, 1.165) is 0 Å². The Kier molecular flexibility index (Phi) is 3.50. The Bertz CT molecular complexity index is 1130. The standard InChI is InChI=1S/C25H26N2O6/c1-23(2,3)33-22(30)26-11-24-10-9-14(31-24)15-18-16-17(25(12-26,32-18)19(15)24)21(29)27(20(16)28)13-7-5-4-6-8-13/h4-10,14-19H,11-12H2,1-3H3/t14-,15+,16+,17+,18-,19-,24-,25-/m1/s1. The summed E-state index contributed by atoms with van der Waals surface area (Å²) in [5.41, 5.74) is -1.76. The van der Waals surface area contributed by atoms with Gasteiger partial charge in [-0.2, -0.15) is 0 Å². The predicted octanol–water partition coefficient (Wildman–Crippen LogP) is 2.13. The number of carbonyl (C=O) groups excluding carboxylic acids is 3. The SMILES string of the molecule is CC(C)(C)OC(=O)N1C[C@@]23O[C@@H]([C@H]4C(=O)N(c5ccccc5)C(=O)[C@H]42)[C@@H]2[C@H]4C=C[C@](C1)(O4)[C@@H]23. The molecule has 8 nitrogen and oxygen atoms in total. The van der Waals surface area contributed by atoms with Gasteiger partial charge in [-0.1, -0.05) is 30.4 Å². The van der Waals surface area contributed by atoms with E-state index in [1.807, 2.05) is 51.1 Å². The number of piperidine rings is 1. The molecule has 2 spiro atoms. The van der Waals surface area contributed by atoms with Crippen molar-refractivity contribution in [2.45, 2.75) is 49.8 Å². The largest absolute Gasteiger partial charge is 0.444 e. The molecule has 1 aromatic carbocycles. The van der Waals surface area contributed by atoms with Gasteiger partial charge in [0.25, 0.3) is 0 Å². The third-order valence-electron chi connectivity index (χ3n) is 8.25. The molecule has 3 amide bonds. The molecular weight excluding hydrogens is 424 g/mol. The summed E-state index contributed by atoms with van der Waals surface area (Å²) in [4.78, 5) is 43.5. The summed E-state index contributed by atoms with van der Waals surface area (Å²) < 4.78 is 18.8. The van der Waals surface area contributed by atoms with Crippen molar-refractivity contribution in [3.8, 4) is 0 Å². The van der Waals surface area contributed by atoms with E-state index in [-0.39, 0.29) is 36.3 Å². The summed E-state index contributed by atoms with van der Waals surface area (Å²) in [6.07, 6.45) is 3.03. The van der Waals surface area contributed by atoms with E-state index in [9.17, 15) is 14.4 Å². The molecule has 6 aliphatic heterocycles. The highest BCUT2D eigenvalue weighted by Crippen LogP contribution is 2.70. The van der Waals surface area contributed by atoms with Gasteiger partial charge in [0.15, 0.2) is 0 Å². The fourth-order valence-corrected chi connectivity index (χ4v) is 7.49. The van der Waals surface area contributed by atoms with Crippen LogP contribution in [0.4, 0.5) is 10.5 Å². The molecule has 33 heavy (non-hydrogen) atoms. The number of rotatable bonds is 1. The quantitative estimate of drug-likeness (QED) is 0.481. The van der Waals surface area contributed by atoms with Crippen molar-refractivity contribution in [1.29, 1.82) is 0 Å².